The minimum atomic E-state index is -0.919. The molecule has 0 unspecified atom stereocenters. The third-order valence-electron chi connectivity index (χ3n) is 5.86. The minimum Gasteiger partial charge on any atom is -0.459 e. The normalized spacial score (nSPS) is 14.8. The zero-order chi connectivity index (χ0) is 23.8. The molecule has 178 valence electrons. The Bertz CT molecular complexity index is 922. The molecule has 1 aromatic heterocycles. The summed E-state index contributed by atoms with van der Waals surface area (Å²) in [5.41, 5.74) is 0.529. The largest absolute Gasteiger partial charge is 0.459 e. The summed E-state index contributed by atoms with van der Waals surface area (Å²) < 4.78 is 18.7. The molecule has 1 fully saturated rings. The number of hydrogen-bond acceptors (Lipinski definition) is 4. The van der Waals surface area contributed by atoms with E-state index in [4.69, 9.17) is 4.42 Å². The van der Waals surface area contributed by atoms with E-state index in [1.54, 1.807) is 6.07 Å². The molecule has 0 spiro atoms. The van der Waals surface area contributed by atoms with Crippen LogP contribution in [0.1, 0.15) is 68.1 Å². The predicted molar refractivity (Wildman–Crippen MR) is 122 cm³/mol. The number of benzene rings is 1. The number of rotatable bonds is 10. The lowest BCUT2D eigenvalue weighted by Gasteiger charge is -2.33. The van der Waals surface area contributed by atoms with E-state index < -0.39 is 23.7 Å². The van der Waals surface area contributed by atoms with Crippen molar-refractivity contribution in [2.75, 3.05) is 13.1 Å². The lowest BCUT2D eigenvalue weighted by atomic mass is 10.0. The van der Waals surface area contributed by atoms with Crippen molar-refractivity contribution in [1.82, 2.24) is 15.5 Å². The maximum absolute atomic E-state index is 13.6. The fourth-order valence-corrected chi connectivity index (χ4v) is 4.02. The second-order valence-electron chi connectivity index (χ2n) is 8.87. The van der Waals surface area contributed by atoms with Crippen molar-refractivity contribution in [2.24, 2.45) is 5.92 Å². The summed E-state index contributed by atoms with van der Waals surface area (Å²) in [5.74, 6) is -1.21. The van der Waals surface area contributed by atoms with E-state index in [1.807, 2.05) is 13.8 Å². The van der Waals surface area contributed by atoms with Gasteiger partial charge in [0.1, 0.15) is 11.9 Å². The molecule has 0 radical (unpaired) electrons. The Hall–Kier alpha value is -3.16. The molecule has 1 aliphatic rings. The molecule has 0 saturated heterocycles. The molecule has 1 heterocycles. The summed E-state index contributed by atoms with van der Waals surface area (Å²) in [5, 5.41) is 5.64. The number of carbonyl (C=O) groups excluding carboxylic acids is 3. The Morgan fingerprint density at radius 1 is 1.12 bits per heavy atom. The predicted octanol–water partition coefficient (Wildman–Crippen LogP) is 3.82. The lowest BCUT2D eigenvalue weighted by Crippen LogP contribution is -2.49. The van der Waals surface area contributed by atoms with Crippen LogP contribution in [-0.2, 0) is 9.59 Å². The molecule has 33 heavy (non-hydrogen) atoms. The fraction of sp³-hybridized carbons (Fsp3) is 0.480. The average molecular weight is 458 g/mol. The number of amides is 3. The van der Waals surface area contributed by atoms with E-state index in [1.165, 1.54) is 41.5 Å². The molecule has 1 aliphatic carbocycles. The first kappa shape index (κ1) is 24.5. The Labute approximate surface area is 193 Å². The molecule has 2 N–H and O–H groups in total. The van der Waals surface area contributed by atoms with E-state index >= 15 is 0 Å². The molecule has 8 heteroatoms. The monoisotopic (exact) mass is 457 g/mol. The van der Waals surface area contributed by atoms with E-state index in [0.29, 0.717) is 24.4 Å². The molecule has 1 saturated carbocycles. The fourth-order valence-electron chi connectivity index (χ4n) is 4.02. The Balaban J connectivity index is 1.83. The summed E-state index contributed by atoms with van der Waals surface area (Å²) in [6, 6.07) is 7.88. The number of nitrogens with zero attached hydrogens (tertiary/aromatic N) is 1. The molecular formula is C25H32FN3O4. The van der Waals surface area contributed by atoms with Gasteiger partial charge in [-0.1, -0.05) is 38.8 Å². The van der Waals surface area contributed by atoms with Crippen molar-refractivity contribution < 1.29 is 23.2 Å². The summed E-state index contributed by atoms with van der Waals surface area (Å²) in [6.07, 6.45) is 5.97. The first-order valence-corrected chi connectivity index (χ1v) is 11.5. The van der Waals surface area contributed by atoms with Crippen molar-refractivity contribution in [3.63, 3.8) is 0 Å². The molecule has 1 atom stereocenters. The zero-order valence-electron chi connectivity index (χ0n) is 19.2. The highest BCUT2D eigenvalue weighted by atomic mass is 19.1. The summed E-state index contributed by atoms with van der Waals surface area (Å²) in [7, 11) is 0. The van der Waals surface area contributed by atoms with Crippen LogP contribution >= 0.6 is 0 Å². The molecule has 7 nitrogen and oxygen atoms in total. The second kappa shape index (κ2) is 11.6. The van der Waals surface area contributed by atoms with Gasteiger partial charge in [0, 0.05) is 12.6 Å². The molecule has 3 amide bonds. The van der Waals surface area contributed by atoms with Crippen LogP contribution in [0.15, 0.2) is 47.1 Å². The van der Waals surface area contributed by atoms with Gasteiger partial charge in [0.25, 0.3) is 5.91 Å². The number of halogens is 1. The minimum absolute atomic E-state index is 0.0705. The SMILES string of the molecule is CC(C)CCN(C(=O)CNC(=O)c1ccco1)[C@H](C(=O)NC1CCCC1)c1ccc(F)cc1. The van der Waals surface area contributed by atoms with Crippen molar-refractivity contribution in [3.8, 4) is 0 Å². The van der Waals surface area contributed by atoms with Crippen molar-refractivity contribution >= 4 is 17.7 Å². The second-order valence-corrected chi connectivity index (χ2v) is 8.87. The van der Waals surface area contributed by atoms with Gasteiger partial charge < -0.3 is 20.0 Å². The first-order chi connectivity index (χ1) is 15.8. The molecule has 0 aliphatic heterocycles. The van der Waals surface area contributed by atoms with Crippen LogP contribution in [-0.4, -0.2) is 41.8 Å². The van der Waals surface area contributed by atoms with Gasteiger partial charge in [-0.2, -0.15) is 0 Å². The number of furan rings is 1. The number of hydrogen-bond donors (Lipinski definition) is 2. The smallest absolute Gasteiger partial charge is 0.287 e. The Morgan fingerprint density at radius 2 is 1.82 bits per heavy atom. The van der Waals surface area contributed by atoms with E-state index in [2.05, 4.69) is 10.6 Å². The highest BCUT2D eigenvalue weighted by Crippen LogP contribution is 2.25. The van der Waals surface area contributed by atoms with Crippen molar-refractivity contribution in [1.29, 1.82) is 0 Å². The van der Waals surface area contributed by atoms with Crippen LogP contribution in [0.2, 0.25) is 0 Å². The molecule has 1 aromatic carbocycles. The lowest BCUT2D eigenvalue weighted by molar-refractivity contribution is -0.140. The van der Waals surface area contributed by atoms with Crippen LogP contribution in [0.3, 0.4) is 0 Å². The number of nitrogens with one attached hydrogen (secondary N) is 2. The topological polar surface area (TPSA) is 91.7 Å². The van der Waals surface area contributed by atoms with E-state index in [0.717, 1.165) is 25.7 Å². The molecule has 3 rings (SSSR count). The van der Waals surface area contributed by atoms with E-state index in [-0.39, 0.29) is 24.3 Å². The standard InChI is InChI=1S/C25H32FN3O4/c1-17(2)13-14-29(22(30)16-27-24(31)21-8-5-15-33-21)23(18-9-11-19(26)12-10-18)25(32)28-20-6-3-4-7-20/h5,8-12,15,17,20,23H,3-4,6-7,13-14,16H2,1-2H3,(H,27,31)(H,28,32)/t23-/m0/s1. The Morgan fingerprint density at radius 3 is 2.42 bits per heavy atom. The van der Waals surface area contributed by atoms with Crippen LogP contribution < -0.4 is 10.6 Å². The van der Waals surface area contributed by atoms with Crippen LogP contribution in [0.4, 0.5) is 4.39 Å². The zero-order valence-corrected chi connectivity index (χ0v) is 19.2. The van der Waals surface area contributed by atoms with E-state index in [9.17, 15) is 18.8 Å². The Kier molecular flexibility index (Phi) is 8.63. The number of carbonyl (C=O) groups is 3. The highest BCUT2D eigenvalue weighted by Gasteiger charge is 2.33. The average Bonchev–Trinajstić information content (AvgIpc) is 3.50. The van der Waals surface area contributed by atoms with Gasteiger partial charge in [-0.25, -0.2) is 4.39 Å². The third kappa shape index (κ3) is 6.91. The molecule has 0 bridgehead atoms. The molecular weight excluding hydrogens is 425 g/mol. The molecule has 2 aromatic rings. The summed E-state index contributed by atoms with van der Waals surface area (Å²) in [4.78, 5) is 40.4. The maximum atomic E-state index is 13.6. The van der Waals surface area contributed by atoms with Crippen LogP contribution in [0.5, 0.6) is 0 Å². The van der Waals surface area contributed by atoms with Crippen molar-refractivity contribution in [2.45, 2.75) is 58.0 Å². The van der Waals surface area contributed by atoms with Gasteiger partial charge in [-0.3, -0.25) is 14.4 Å². The maximum Gasteiger partial charge on any atom is 0.287 e. The van der Waals surface area contributed by atoms with Gasteiger partial charge in [0.05, 0.1) is 12.8 Å². The van der Waals surface area contributed by atoms with Gasteiger partial charge in [0.15, 0.2) is 5.76 Å². The van der Waals surface area contributed by atoms with Gasteiger partial charge >= 0.3 is 0 Å². The quantitative estimate of drug-likeness (QED) is 0.567. The van der Waals surface area contributed by atoms with Crippen molar-refractivity contribution in [3.05, 3.63) is 59.8 Å². The van der Waals surface area contributed by atoms with Gasteiger partial charge in [-0.05, 0) is 55.0 Å². The van der Waals surface area contributed by atoms with Crippen LogP contribution in [0, 0.1) is 11.7 Å². The third-order valence-corrected chi connectivity index (χ3v) is 5.86. The summed E-state index contributed by atoms with van der Waals surface area (Å²) >= 11 is 0. The van der Waals surface area contributed by atoms with Crippen LogP contribution in [0.25, 0.3) is 0 Å². The summed E-state index contributed by atoms with van der Waals surface area (Å²) in [6.45, 7) is 4.11. The first-order valence-electron chi connectivity index (χ1n) is 11.5. The van der Waals surface area contributed by atoms with Gasteiger partial charge in [-0.15, -0.1) is 0 Å². The van der Waals surface area contributed by atoms with Gasteiger partial charge in [0.2, 0.25) is 11.8 Å². The highest BCUT2D eigenvalue weighted by molar-refractivity contribution is 5.95.